The summed E-state index contributed by atoms with van der Waals surface area (Å²) in [6.45, 7) is 2.22. The van der Waals surface area contributed by atoms with Gasteiger partial charge in [0.25, 0.3) is 0 Å². The van der Waals surface area contributed by atoms with Crippen molar-refractivity contribution in [3.8, 4) is 11.5 Å². The minimum atomic E-state index is 0.137. The lowest BCUT2D eigenvalue weighted by Gasteiger charge is -2.24. The zero-order valence-corrected chi connectivity index (χ0v) is 11.6. The summed E-state index contributed by atoms with van der Waals surface area (Å²) >= 11 is 0. The Balaban J connectivity index is 2.02. The van der Waals surface area contributed by atoms with Crippen molar-refractivity contribution < 1.29 is 14.2 Å². The fourth-order valence-electron chi connectivity index (χ4n) is 2.25. The number of aryl methyl sites for hydroxylation is 1. The molecule has 4 nitrogen and oxygen atoms in total. The van der Waals surface area contributed by atoms with Crippen molar-refractivity contribution >= 4 is 0 Å². The van der Waals surface area contributed by atoms with Gasteiger partial charge in [-0.3, -0.25) is 0 Å². The summed E-state index contributed by atoms with van der Waals surface area (Å²) in [5, 5.41) is 0. The Kier molecular flexibility index (Phi) is 5.48. The van der Waals surface area contributed by atoms with Gasteiger partial charge in [-0.25, -0.2) is 0 Å². The predicted octanol–water partition coefficient (Wildman–Crippen LogP) is 2.14. The predicted molar refractivity (Wildman–Crippen MR) is 74.8 cm³/mol. The van der Waals surface area contributed by atoms with E-state index in [4.69, 9.17) is 19.9 Å². The Morgan fingerprint density at radius 2 is 2.26 bits per heavy atom. The summed E-state index contributed by atoms with van der Waals surface area (Å²) in [5.41, 5.74) is 6.76. The van der Waals surface area contributed by atoms with E-state index in [1.54, 1.807) is 7.11 Å². The van der Waals surface area contributed by atoms with E-state index in [0.29, 0.717) is 13.2 Å². The molecular weight excluding hydrogens is 242 g/mol. The van der Waals surface area contributed by atoms with Gasteiger partial charge in [-0.15, -0.1) is 0 Å². The van der Waals surface area contributed by atoms with Crippen molar-refractivity contribution in [1.29, 1.82) is 0 Å². The number of methoxy groups -OCH3 is 1. The molecular formula is C15H23NO3. The number of benzene rings is 1. The van der Waals surface area contributed by atoms with Gasteiger partial charge in [0.05, 0.1) is 13.7 Å². The zero-order chi connectivity index (χ0) is 13.5. The lowest BCUT2D eigenvalue weighted by Crippen LogP contribution is -2.28. The van der Waals surface area contributed by atoms with Gasteiger partial charge in [0.2, 0.25) is 0 Å². The van der Waals surface area contributed by atoms with Crippen molar-refractivity contribution in [3.05, 3.63) is 23.8 Å². The largest absolute Gasteiger partial charge is 0.493 e. The van der Waals surface area contributed by atoms with Crippen LogP contribution in [-0.2, 0) is 11.2 Å². The molecule has 0 aliphatic carbocycles. The first-order valence-electron chi connectivity index (χ1n) is 6.95. The first kappa shape index (κ1) is 14.2. The fourth-order valence-corrected chi connectivity index (χ4v) is 2.25. The average molecular weight is 265 g/mol. The molecule has 1 unspecified atom stereocenters. The monoisotopic (exact) mass is 265 g/mol. The summed E-state index contributed by atoms with van der Waals surface area (Å²) in [4.78, 5) is 0. The first-order valence-corrected chi connectivity index (χ1v) is 6.95. The van der Waals surface area contributed by atoms with Gasteiger partial charge in [-0.2, -0.15) is 0 Å². The second kappa shape index (κ2) is 7.36. The van der Waals surface area contributed by atoms with Gasteiger partial charge in [0, 0.05) is 6.61 Å². The van der Waals surface area contributed by atoms with Crippen molar-refractivity contribution in [2.75, 3.05) is 26.9 Å². The van der Waals surface area contributed by atoms with Crippen LogP contribution in [0.25, 0.3) is 0 Å². The van der Waals surface area contributed by atoms with Crippen molar-refractivity contribution in [1.82, 2.24) is 0 Å². The Bertz CT molecular complexity index is 389. The van der Waals surface area contributed by atoms with E-state index in [1.807, 2.05) is 12.1 Å². The highest BCUT2D eigenvalue weighted by Gasteiger charge is 2.17. The molecule has 2 N–H and O–H groups in total. The molecule has 106 valence electrons. The van der Waals surface area contributed by atoms with Crippen molar-refractivity contribution in [2.24, 2.45) is 5.73 Å². The van der Waals surface area contributed by atoms with E-state index in [-0.39, 0.29) is 6.10 Å². The van der Waals surface area contributed by atoms with E-state index < -0.39 is 0 Å². The van der Waals surface area contributed by atoms with Crippen LogP contribution in [0.1, 0.15) is 24.8 Å². The summed E-state index contributed by atoms with van der Waals surface area (Å²) < 4.78 is 16.8. The normalized spacial score (nSPS) is 19.2. The molecule has 1 fully saturated rings. The molecule has 1 aromatic carbocycles. The number of hydrogen-bond acceptors (Lipinski definition) is 4. The van der Waals surface area contributed by atoms with Crippen molar-refractivity contribution in [2.45, 2.75) is 31.8 Å². The van der Waals surface area contributed by atoms with Crippen LogP contribution < -0.4 is 15.2 Å². The summed E-state index contributed by atoms with van der Waals surface area (Å²) in [5.74, 6) is 1.59. The Morgan fingerprint density at radius 1 is 1.37 bits per heavy atom. The lowest BCUT2D eigenvalue weighted by atomic mass is 10.1. The van der Waals surface area contributed by atoms with E-state index in [0.717, 1.165) is 43.8 Å². The third kappa shape index (κ3) is 4.11. The van der Waals surface area contributed by atoms with Crippen LogP contribution in [0.5, 0.6) is 11.5 Å². The molecule has 1 aliphatic heterocycles. The van der Waals surface area contributed by atoms with Crippen LogP contribution in [-0.4, -0.2) is 33.0 Å². The highest BCUT2D eigenvalue weighted by Crippen LogP contribution is 2.30. The maximum Gasteiger partial charge on any atom is 0.161 e. The van der Waals surface area contributed by atoms with Gasteiger partial charge in [-0.05, 0) is 49.9 Å². The van der Waals surface area contributed by atoms with Gasteiger partial charge in [0.1, 0.15) is 6.10 Å². The summed E-state index contributed by atoms with van der Waals surface area (Å²) in [6.07, 6.45) is 4.19. The molecule has 1 aliphatic rings. The fraction of sp³-hybridized carbons (Fsp3) is 0.600. The SMILES string of the molecule is COc1cc(CCCN)ccc1OC1CCCOC1. The number of nitrogens with two attached hydrogens (primary N) is 1. The van der Waals surface area contributed by atoms with Crippen LogP contribution in [0.3, 0.4) is 0 Å². The molecule has 19 heavy (non-hydrogen) atoms. The minimum Gasteiger partial charge on any atom is -0.493 e. The van der Waals surface area contributed by atoms with Crippen LogP contribution in [0.4, 0.5) is 0 Å². The second-order valence-corrected chi connectivity index (χ2v) is 4.83. The minimum absolute atomic E-state index is 0.137. The summed E-state index contributed by atoms with van der Waals surface area (Å²) in [6, 6.07) is 6.10. The molecule has 0 aromatic heterocycles. The second-order valence-electron chi connectivity index (χ2n) is 4.83. The van der Waals surface area contributed by atoms with E-state index in [1.165, 1.54) is 5.56 Å². The quantitative estimate of drug-likeness (QED) is 0.856. The maximum absolute atomic E-state index is 5.96. The zero-order valence-electron chi connectivity index (χ0n) is 11.6. The maximum atomic E-state index is 5.96. The first-order chi connectivity index (χ1) is 9.33. The number of rotatable bonds is 6. The van der Waals surface area contributed by atoms with Crippen LogP contribution in [0.15, 0.2) is 18.2 Å². The molecule has 1 heterocycles. The molecule has 0 bridgehead atoms. The average Bonchev–Trinajstić information content (AvgIpc) is 2.47. The van der Waals surface area contributed by atoms with Crippen LogP contribution in [0.2, 0.25) is 0 Å². The molecule has 1 atom stereocenters. The van der Waals surface area contributed by atoms with Gasteiger partial charge in [0.15, 0.2) is 11.5 Å². The molecule has 2 rings (SSSR count). The Hall–Kier alpha value is -1.26. The van der Waals surface area contributed by atoms with Gasteiger partial charge >= 0.3 is 0 Å². The molecule has 1 aromatic rings. The third-order valence-corrected chi connectivity index (χ3v) is 3.31. The summed E-state index contributed by atoms with van der Waals surface area (Å²) in [7, 11) is 1.67. The number of ether oxygens (including phenoxy) is 3. The van der Waals surface area contributed by atoms with Crippen molar-refractivity contribution in [3.63, 3.8) is 0 Å². The van der Waals surface area contributed by atoms with Crippen LogP contribution in [0, 0.1) is 0 Å². The molecule has 0 amide bonds. The van der Waals surface area contributed by atoms with Gasteiger partial charge < -0.3 is 19.9 Å². The molecule has 0 spiro atoms. The van der Waals surface area contributed by atoms with Gasteiger partial charge in [-0.1, -0.05) is 6.07 Å². The highest BCUT2D eigenvalue weighted by atomic mass is 16.5. The topological polar surface area (TPSA) is 53.7 Å². The third-order valence-electron chi connectivity index (χ3n) is 3.31. The van der Waals surface area contributed by atoms with E-state index in [9.17, 15) is 0 Å². The Labute approximate surface area is 114 Å². The number of hydrogen-bond donors (Lipinski definition) is 1. The molecule has 0 saturated carbocycles. The molecule has 1 saturated heterocycles. The smallest absolute Gasteiger partial charge is 0.161 e. The van der Waals surface area contributed by atoms with E-state index in [2.05, 4.69) is 6.07 Å². The van der Waals surface area contributed by atoms with Crippen LogP contribution >= 0.6 is 0 Å². The molecule has 4 heteroatoms. The highest BCUT2D eigenvalue weighted by molar-refractivity contribution is 5.43. The Morgan fingerprint density at radius 3 is 2.95 bits per heavy atom. The lowest BCUT2D eigenvalue weighted by molar-refractivity contribution is 0.00643. The van der Waals surface area contributed by atoms with E-state index >= 15 is 0 Å². The standard InChI is InChI=1S/C15H23NO3/c1-17-15-10-12(4-2-8-16)6-7-14(15)19-13-5-3-9-18-11-13/h6-7,10,13H,2-5,8-9,11,16H2,1H3. The molecule has 0 radical (unpaired) electrons.